The number of carboxylic acids is 2. The molecule has 79 heavy (non-hydrogen) atoms. The fourth-order valence-corrected chi connectivity index (χ4v) is 8.41. The molecule has 0 aromatic heterocycles. The summed E-state index contributed by atoms with van der Waals surface area (Å²) in [5.74, 6) is -1.12. The third kappa shape index (κ3) is 16.8. The van der Waals surface area contributed by atoms with Crippen LogP contribution in [0.25, 0.3) is 46.6 Å². The Balaban J connectivity index is 0.000000199. The van der Waals surface area contributed by atoms with Crippen molar-refractivity contribution in [1.29, 1.82) is 0 Å². The molecule has 9 rings (SSSR count). The highest BCUT2D eigenvalue weighted by molar-refractivity contribution is 9.10. The fraction of sp³-hybridized carbons (Fsp3) is 0.194. The zero-order chi connectivity index (χ0) is 57.0. The summed E-state index contributed by atoms with van der Waals surface area (Å²) in [6, 6.07) is 35.8. The Hall–Kier alpha value is -8.35. The molecule has 2 atom stereocenters. The first kappa shape index (κ1) is 59.9. The number of benzene rings is 7. The molecule has 0 saturated carbocycles. The van der Waals surface area contributed by atoms with Crippen molar-refractivity contribution in [2.75, 3.05) is 39.6 Å². The van der Waals surface area contributed by atoms with E-state index < -0.39 is 37.1 Å². The monoisotopic (exact) mass is 1140 g/mol. The molecule has 0 spiro atoms. The molecule has 2 unspecified atom stereocenters. The average molecular weight is 1150 g/mol. The molecule has 6 N–H and O–H groups in total. The van der Waals surface area contributed by atoms with Gasteiger partial charge in [0, 0.05) is 22.3 Å². The van der Waals surface area contributed by atoms with Crippen LogP contribution in [-0.4, -0.2) is 90.6 Å². The predicted molar refractivity (Wildman–Crippen MR) is 300 cm³/mol. The van der Waals surface area contributed by atoms with Gasteiger partial charge in [0.05, 0.1) is 23.6 Å². The predicted octanol–water partition coefficient (Wildman–Crippen LogP) is 11.7. The van der Waals surface area contributed by atoms with E-state index in [2.05, 4.69) is 15.9 Å². The van der Waals surface area contributed by atoms with E-state index in [0.29, 0.717) is 72.1 Å². The van der Waals surface area contributed by atoms with E-state index in [-0.39, 0.29) is 23.9 Å². The van der Waals surface area contributed by atoms with Gasteiger partial charge in [0.15, 0.2) is 23.0 Å². The highest BCUT2D eigenvalue weighted by Crippen LogP contribution is 2.38. The van der Waals surface area contributed by atoms with Crippen LogP contribution in [0.4, 0.5) is 13.2 Å². The number of hydrogen-bond acceptors (Lipinski definition) is 11. The van der Waals surface area contributed by atoms with Gasteiger partial charge in [-0.05, 0) is 165 Å². The second-order valence-corrected chi connectivity index (χ2v) is 18.7. The number of carboxylic acid groups (broad SMARTS) is 2. The Kier molecular flexibility index (Phi) is 22.3. The van der Waals surface area contributed by atoms with Gasteiger partial charge in [0.2, 0.25) is 0 Å². The topological polar surface area (TPSA) is 212 Å². The molecular formula is C62H57BrF3NO12. The van der Waals surface area contributed by atoms with Crippen molar-refractivity contribution in [3.63, 3.8) is 0 Å². The summed E-state index contributed by atoms with van der Waals surface area (Å²) in [5, 5.41) is 34.2. The number of aliphatic hydroxyl groups is 2. The van der Waals surface area contributed by atoms with E-state index in [0.717, 1.165) is 73.1 Å². The van der Waals surface area contributed by atoms with Gasteiger partial charge in [-0.15, -0.1) is 0 Å². The molecule has 2 aliphatic rings. The van der Waals surface area contributed by atoms with Crippen molar-refractivity contribution in [2.45, 2.75) is 32.7 Å². The Bertz CT molecular complexity index is 3350. The van der Waals surface area contributed by atoms with E-state index in [9.17, 15) is 37.5 Å². The van der Waals surface area contributed by atoms with Crippen molar-refractivity contribution in [3.05, 3.63) is 199 Å². The SMILES string of the molecule is Cc1c(/C=C/c2cc(C=O)ccc2F)cccc1-c1ccc2c(c1)OCCO2.Cc1c(/C=C/c2cc(CCC(CO)C(=O)O)ccc2F)cccc1-c1ccc2c(c1)OCCO2.NC(CO)C(=O)O.O=Cc1ccc(F)c(Br)c1. The van der Waals surface area contributed by atoms with Gasteiger partial charge >= 0.3 is 11.9 Å². The number of aryl methyl sites for hydroxylation is 1. The van der Waals surface area contributed by atoms with E-state index in [1.165, 1.54) is 36.4 Å². The van der Waals surface area contributed by atoms with Crippen molar-refractivity contribution in [2.24, 2.45) is 11.7 Å². The zero-order valence-electron chi connectivity index (χ0n) is 43.0. The van der Waals surface area contributed by atoms with Crippen molar-refractivity contribution >= 4 is 64.7 Å². The lowest BCUT2D eigenvalue weighted by Gasteiger charge is -2.19. The average Bonchev–Trinajstić information content (AvgIpc) is 3.47. The van der Waals surface area contributed by atoms with Crippen LogP contribution in [0, 0.1) is 37.2 Å². The minimum Gasteiger partial charge on any atom is -0.486 e. The normalized spacial score (nSPS) is 12.9. The fourth-order valence-electron chi connectivity index (χ4n) is 8.01. The highest BCUT2D eigenvalue weighted by Gasteiger charge is 2.18. The van der Waals surface area contributed by atoms with Gasteiger partial charge in [0.25, 0.3) is 0 Å². The number of halogens is 4. The smallest absolute Gasteiger partial charge is 0.322 e. The first-order chi connectivity index (χ1) is 38.0. The molecule has 17 heteroatoms. The third-order valence-corrected chi connectivity index (χ3v) is 13.1. The maximum absolute atomic E-state index is 14.5. The van der Waals surface area contributed by atoms with Crippen LogP contribution in [0.3, 0.4) is 0 Å². The molecule has 0 saturated heterocycles. The third-order valence-electron chi connectivity index (χ3n) is 12.5. The molecule has 410 valence electrons. The van der Waals surface area contributed by atoms with Crippen LogP contribution in [0.2, 0.25) is 0 Å². The van der Waals surface area contributed by atoms with E-state index in [1.54, 1.807) is 30.4 Å². The largest absolute Gasteiger partial charge is 0.486 e. The molecule has 0 fully saturated rings. The van der Waals surface area contributed by atoms with Crippen LogP contribution in [0.1, 0.15) is 66.1 Å². The number of aldehydes is 2. The van der Waals surface area contributed by atoms with E-state index in [1.807, 2.05) is 98.8 Å². The minimum absolute atomic E-state index is 0.289. The maximum Gasteiger partial charge on any atom is 0.322 e. The standard InChI is InChI=1S/C28H27FO5.C24H19FO3.C7H4BrFO.C3H7NO3/c1-18-20(3-2-4-24(18)21-10-12-26-27(16-21)34-14-13-33-26)8-9-22-15-19(6-11-25(22)29)5-7-23(17-30)28(31)32;1-16-18(6-7-20-13-17(15-26)5-9-22(20)25)3-2-4-21(16)19-8-10-23-24(14-19)28-12-11-27-23;8-6-3-5(4-10)1-2-7(6)9;4-2(1-5)3(6)7/h2-4,6,8-12,15-16,23,30H,5,7,13-14,17H2,1H3,(H,31,32);2-10,13-15H,11-12H2,1H3;1-4H;2,5H,1,4H2,(H,6,7)/b9-8+;7-6+;;. The Morgan fingerprint density at radius 1 is 0.557 bits per heavy atom. The zero-order valence-corrected chi connectivity index (χ0v) is 44.6. The quantitative estimate of drug-likeness (QED) is 0.0478. The summed E-state index contributed by atoms with van der Waals surface area (Å²) < 4.78 is 63.9. The van der Waals surface area contributed by atoms with Crippen LogP contribution < -0.4 is 24.7 Å². The number of carbonyl (C=O) groups excluding carboxylic acids is 2. The molecule has 0 bridgehead atoms. The lowest BCUT2D eigenvalue weighted by atomic mass is 9.95. The molecule has 2 heterocycles. The first-order valence-corrected chi connectivity index (χ1v) is 25.5. The summed E-state index contributed by atoms with van der Waals surface area (Å²) >= 11 is 2.95. The number of aliphatic hydroxyl groups excluding tert-OH is 2. The number of rotatable bonds is 15. The van der Waals surface area contributed by atoms with Crippen LogP contribution in [-0.2, 0) is 16.0 Å². The van der Waals surface area contributed by atoms with Gasteiger partial charge in [-0.2, -0.15) is 0 Å². The lowest BCUT2D eigenvalue weighted by Crippen LogP contribution is -2.33. The van der Waals surface area contributed by atoms with Crippen molar-refractivity contribution in [3.8, 4) is 45.3 Å². The van der Waals surface area contributed by atoms with Gasteiger partial charge in [-0.25, -0.2) is 13.2 Å². The number of carbonyl (C=O) groups is 4. The Morgan fingerprint density at radius 3 is 1.46 bits per heavy atom. The molecule has 0 aliphatic carbocycles. The Labute approximate surface area is 463 Å². The summed E-state index contributed by atoms with van der Waals surface area (Å²) in [4.78, 5) is 41.8. The second-order valence-electron chi connectivity index (χ2n) is 17.9. The molecule has 7 aromatic rings. The van der Waals surface area contributed by atoms with Gasteiger partial charge < -0.3 is 45.1 Å². The summed E-state index contributed by atoms with van der Waals surface area (Å²) in [6.07, 6.45) is 9.29. The highest BCUT2D eigenvalue weighted by atomic mass is 79.9. The van der Waals surface area contributed by atoms with Crippen molar-refractivity contribution < 1.29 is 71.7 Å². The van der Waals surface area contributed by atoms with E-state index in [4.69, 9.17) is 40.0 Å². The van der Waals surface area contributed by atoms with E-state index >= 15 is 0 Å². The number of nitrogens with two attached hydrogens (primary N) is 1. The number of aliphatic carboxylic acids is 2. The number of hydrogen-bond donors (Lipinski definition) is 5. The molecule has 13 nitrogen and oxygen atoms in total. The molecule has 0 amide bonds. The molecule has 7 aromatic carbocycles. The molecular weight excluding hydrogens is 1090 g/mol. The molecule has 2 aliphatic heterocycles. The second kappa shape index (κ2) is 29.4. The van der Waals surface area contributed by atoms with Crippen LogP contribution in [0.5, 0.6) is 23.0 Å². The maximum atomic E-state index is 14.5. The number of ether oxygens (including phenoxy) is 4. The minimum atomic E-state index is -1.18. The lowest BCUT2D eigenvalue weighted by molar-refractivity contribution is -0.143. The van der Waals surface area contributed by atoms with Gasteiger partial charge in [-0.1, -0.05) is 78.9 Å². The summed E-state index contributed by atoms with van der Waals surface area (Å²) in [7, 11) is 0. The Morgan fingerprint density at radius 2 is 1.01 bits per heavy atom. The van der Waals surface area contributed by atoms with Gasteiger partial charge in [0.1, 0.15) is 62.5 Å². The summed E-state index contributed by atoms with van der Waals surface area (Å²) in [5.41, 5.74) is 15.5. The van der Waals surface area contributed by atoms with Crippen LogP contribution in [0.15, 0.2) is 132 Å². The summed E-state index contributed by atoms with van der Waals surface area (Å²) in [6.45, 7) is 5.32. The van der Waals surface area contributed by atoms with Gasteiger partial charge in [-0.3, -0.25) is 19.2 Å². The van der Waals surface area contributed by atoms with Crippen LogP contribution >= 0.6 is 15.9 Å². The first-order valence-electron chi connectivity index (χ1n) is 24.8. The van der Waals surface area contributed by atoms with Crippen molar-refractivity contribution in [1.82, 2.24) is 0 Å². The number of fused-ring (bicyclic) bond motifs is 2. The molecule has 0 radical (unpaired) electrons.